The van der Waals surface area contributed by atoms with E-state index in [2.05, 4.69) is 5.16 Å². The molecule has 0 aliphatic carbocycles. The van der Waals surface area contributed by atoms with Crippen molar-refractivity contribution in [3.05, 3.63) is 64.1 Å². The van der Waals surface area contributed by atoms with Crippen LogP contribution in [0.4, 0.5) is 5.69 Å². The monoisotopic (exact) mass is 360 g/mol. The van der Waals surface area contributed by atoms with Gasteiger partial charge in [0.15, 0.2) is 0 Å². The molecule has 1 saturated heterocycles. The van der Waals surface area contributed by atoms with Gasteiger partial charge in [-0.1, -0.05) is 40.5 Å². The third kappa shape index (κ3) is 2.28. The number of oxime groups is 1. The number of halogens is 2. The smallest absolute Gasteiger partial charge is 0.278 e. The molecule has 0 unspecified atom stereocenters. The second kappa shape index (κ2) is 5.61. The van der Waals surface area contributed by atoms with Crippen molar-refractivity contribution in [2.24, 2.45) is 11.1 Å². The summed E-state index contributed by atoms with van der Waals surface area (Å²) in [6.45, 7) is 0. The minimum absolute atomic E-state index is 0.362. The number of hydrogen-bond donors (Lipinski definition) is 0. The van der Waals surface area contributed by atoms with Crippen LogP contribution in [0, 0.1) is 5.92 Å². The summed E-state index contributed by atoms with van der Waals surface area (Å²) < 4.78 is 0. The molecule has 0 spiro atoms. The fraction of sp³-hybridized carbons (Fsp3) is 0.118. The Morgan fingerprint density at radius 3 is 2.08 bits per heavy atom. The zero-order valence-electron chi connectivity index (χ0n) is 12.1. The maximum atomic E-state index is 12.8. The molecule has 2 aliphatic rings. The molecular formula is C17H10Cl2N2O3. The van der Waals surface area contributed by atoms with Crippen molar-refractivity contribution in [1.29, 1.82) is 0 Å². The van der Waals surface area contributed by atoms with Gasteiger partial charge in [-0.3, -0.25) is 9.59 Å². The molecule has 24 heavy (non-hydrogen) atoms. The molecule has 2 atom stereocenters. The van der Waals surface area contributed by atoms with Crippen LogP contribution in [0.15, 0.2) is 53.7 Å². The lowest BCUT2D eigenvalue weighted by Crippen LogP contribution is -2.33. The van der Waals surface area contributed by atoms with Crippen LogP contribution >= 0.6 is 23.2 Å². The Morgan fingerprint density at radius 1 is 0.875 bits per heavy atom. The Hall–Kier alpha value is -2.37. The average Bonchev–Trinajstić information content (AvgIpc) is 3.11. The Balaban J connectivity index is 1.69. The predicted octanol–water partition coefficient (Wildman–Crippen LogP) is 3.29. The Morgan fingerprint density at radius 2 is 1.46 bits per heavy atom. The number of rotatable bonds is 2. The Bertz CT molecular complexity index is 862. The van der Waals surface area contributed by atoms with E-state index in [1.54, 1.807) is 48.5 Å². The molecule has 0 bridgehead atoms. The molecule has 2 aromatic carbocycles. The third-order valence-corrected chi connectivity index (χ3v) is 4.54. The molecule has 2 amide bonds. The SMILES string of the molecule is O=C1[C@H]2C(c3ccc(Cl)cc3)=NO[C@H]2C(=O)N1c1ccc(Cl)cc1. The van der Waals surface area contributed by atoms with Gasteiger partial charge >= 0.3 is 0 Å². The second-order valence-corrected chi connectivity index (χ2v) is 6.35. The van der Waals surface area contributed by atoms with Crippen molar-refractivity contribution < 1.29 is 14.4 Å². The van der Waals surface area contributed by atoms with Gasteiger partial charge in [-0.2, -0.15) is 0 Å². The van der Waals surface area contributed by atoms with Crippen molar-refractivity contribution in [3.8, 4) is 0 Å². The molecule has 2 aromatic rings. The summed E-state index contributed by atoms with van der Waals surface area (Å²) in [6, 6.07) is 13.4. The van der Waals surface area contributed by atoms with E-state index in [0.29, 0.717) is 27.0 Å². The number of hydrogen-bond acceptors (Lipinski definition) is 4. The summed E-state index contributed by atoms with van der Waals surface area (Å²) in [6.07, 6.45) is -0.932. The van der Waals surface area contributed by atoms with Crippen LogP contribution in [-0.4, -0.2) is 23.6 Å². The van der Waals surface area contributed by atoms with Crippen LogP contribution < -0.4 is 4.90 Å². The molecule has 0 saturated carbocycles. The lowest BCUT2D eigenvalue weighted by atomic mass is 9.94. The highest BCUT2D eigenvalue weighted by Gasteiger charge is 2.56. The van der Waals surface area contributed by atoms with Gasteiger partial charge in [-0.25, -0.2) is 4.90 Å². The van der Waals surface area contributed by atoms with Crippen LogP contribution in [0.3, 0.4) is 0 Å². The zero-order chi connectivity index (χ0) is 16.8. The summed E-state index contributed by atoms with van der Waals surface area (Å²) in [7, 11) is 0. The first-order valence-corrected chi connectivity index (χ1v) is 7.95. The summed E-state index contributed by atoms with van der Waals surface area (Å²) in [5.41, 5.74) is 1.60. The number of benzene rings is 2. The van der Waals surface area contributed by atoms with Crippen molar-refractivity contribution >= 4 is 46.4 Å². The molecular weight excluding hydrogens is 351 g/mol. The first kappa shape index (κ1) is 15.2. The van der Waals surface area contributed by atoms with Gasteiger partial charge in [0.1, 0.15) is 11.6 Å². The highest BCUT2D eigenvalue weighted by Crippen LogP contribution is 2.35. The van der Waals surface area contributed by atoms with E-state index in [-0.39, 0.29) is 5.91 Å². The maximum Gasteiger partial charge on any atom is 0.278 e. The van der Waals surface area contributed by atoms with Crippen LogP contribution in [-0.2, 0) is 14.4 Å². The first-order valence-electron chi connectivity index (χ1n) is 7.19. The maximum absolute atomic E-state index is 12.8. The van der Waals surface area contributed by atoms with Crippen molar-refractivity contribution in [1.82, 2.24) is 0 Å². The van der Waals surface area contributed by atoms with Crippen molar-refractivity contribution in [2.75, 3.05) is 4.90 Å². The highest BCUT2D eigenvalue weighted by atomic mass is 35.5. The summed E-state index contributed by atoms with van der Waals surface area (Å²) >= 11 is 11.7. The zero-order valence-corrected chi connectivity index (χ0v) is 13.7. The molecule has 0 aromatic heterocycles. The minimum atomic E-state index is -0.932. The summed E-state index contributed by atoms with van der Waals surface area (Å²) in [4.78, 5) is 31.8. The second-order valence-electron chi connectivity index (χ2n) is 5.48. The van der Waals surface area contributed by atoms with Crippen molar-refractivity contribution in [2.45, 2.75) is 6.10 Å². The molecule has 2 heterocycles. The van der Waals surface area contributed by atoms with Gasteiger partial charge < -0.3 is 4.84 Å². The van der Waals surface area contributed by atoms with Crippen molar-refractivity contribution in [3.63, 3.8) is 0 Å². The van der Waals surface area contributed by atoms with E-state index < -0.39 is 17.9 Å². The van der Waals surface area contributed by atoms with Gasteiger partial charge in [0.25, 0.3) is 5.91 Å². The molecule has 120 valence electrons. The molecule has 5 nitrogen and oxygen atoms in total. The number of fused-ring (bicyclic) bond motifs is 1. The standard InChI is InChI=1S/C17H10Cl2N2O3/c18-10-3-1-9(2-4-10)14-13-15(24-20-14)17(23)21(16(13)22)12-7-5-11(19)6-8-12/h1-8,13,15H/t13-,15+/m0/s1. The van der Waals surface area contributed by atoms with Gasteiger partial charge in [-0.15, -0.1) is 0 Å². The molecule has 4 rings (SSSR count). The fourth-order valence-corrected chi connectivity index (χ4v) is 3.13. The molecule has 1 fully saturated rings. The number of carbonyl (C=O) groups excluding carboxylic acids is 2. The molecule has 0 N–H and O–H groups in total. The summed E-state index contributed by atoms with van der Waals surface area (Å²) in [5.74, 6) is -1.55. The van der Waals surface area contributed by atoms with E-state index in [9.17, 15) is 9.59 Å². The lowest BCUT2D eigenvalue weighted by molar-refractivity contribution is -0.126. The Labute approximate surface area is 147 Å². The number of carbonyl (C=O) groups is 2. The summed E-state index contributed by atoms with van der Waals surface area (Å²) in [5, 5.41) is 5.05. The van der Waals surface area contributed by atoms with E-state index in [0.717, 1.165) is 4.90 Å². The molecule has 2 aliphatic heterocycles. The van der Waals surface area contributed by atoms with Crippen LogP contribution in [0.1, 0.15) is 5.56 Å². The topological polar surface area (TPSA) is 59.0 Å². The van der Waals surface area contributed by atoms with Gasteiger partial charge in [0.05, 0.1) is 5.69 Å². The number of amides is 2. The first-order chi connectivity index (χ1) is 11.6. The Kier molecular flexibility index (Phi) is 3.55. The lowest BCUT2D eigenvalue weighted by Gasteiger charge is -2.15. The molecule has 0 radical (unpaired) electrons. The van der Waals surface area contributed by atoms with Gasteiger partial charge in [-0.05, 0) is 36.4 Å². The van der Waals surface area contributed by atoms with E-state index in [1.165, 1.54) is 0 Å². The predicted molar refractivity (Wildman–Crippen MR) is 90.3 cm³/mol. The van der Waals surface area contributed by atoms with E-state index >= 15 is 0 Å². The molecule has 7 heteroatoms. The number of nitrogens with zero attached hydrogens (tertiary/aromatic N) is 2. The third-order valence-electron chi connectivity index (χ3n) is 4.04. The highest BCUT2D eigenvalue weighted by molar-refractivity contribution is 6.33. The van der Waals surface area contributed by atoms with E-state index in [1.807, 2.05) is 0 Å². The number of anilines is 1. The average molecular weight is 361 g/mol. The largest absolute Gasteiger partial charge is 0.381 e. The number of imide groups is 1. The van der Waals surface area contributed by atoms with Crippen LogP contribution in [0.25, 0.3) is 0 Å². The minimum Gasteiger partial charge on any atom is -0.381 e. The van der Waals surface area contributed by atoms with Gasteiger partial charge in [0.2, 0.25) is 12.0 Å². The van der Waals surface area contributed by atoms with E-state index in [4.69, 9.17) is 28.0 Å². The van der Waals surface area contributed by atoms with Crippen LogP contribution in [0.2, 0.25) is 10.0 Å². The fourth-order valence-electron chi connectivity index (χ4n) is 2.88. The van der Waals surface area contributed by atoms with Gasteiger partial charge in [0, 0.05) is 15.6 Å². The van der Waals surface area contributed by atoms with Crippen LogP contribution in [0.5, 0.6) is 0 Å². The quantitative estimate of drug-likeness (QED) is 0.772. The normalized spacial score (nSPS) is 22.4.